The van der Waals surface area contributed by atoms with Gasteiger partial charge in [-0.2, -0.15) is 13.2 Å². The Hall–Kier alpha value is -2.60. The van der Waals surface area contributed by atoms with Crippen molar-refractivity contribution < 1.29 is 42.1 Å². The van der Waals surface area contributed by atoms with Crippen molar-refractivity contribution in [1.29, 1.82) is 0 Å². The van der Waals surface area contributed by atoms with Crippen molar-refractivity contribution in [3.05, 3.63) is 35.9 Å². The third-order valence-corrected chi connectivity index (χ3v) is 5.02. The van der Waals surface area contributed by atoms with E-state index >= 15 is 0 Å². The second-order valence-corrected chi connectivity index (χ2v) is 13.0. The van der Waals surface area contributed by atoms with E-state index in [4.69, 9.17) is 25.1 Å². The second-order valence-electron chi connectivity index (χ2n) is 7.33. The summed E-state index contributed by atoms with van der Waals surface area (Å²) < 4.78 is 41.9. The number of ether oxygens (including phenoxy) is 2. The Balaban J connectivity index is 0.00000103. The quantitative estimate of drug-likeness (QED) is 0.409. The summed E-state index contributed by atoms with van der Waals surface area (Å²) in [5.74, 6) is -3.26. The average Bonchev–Trinajstić information content (AvgIpc) is 2.63. The van der Waals surface area contributed by atoms with E-state index in [2.05, 4.69) is 25.0 Å². The smallest absolute Gasteiger partial charge is 0.475 e. The number of hydrogen-bond acceptors (Lipinski definition) is 6. The summed E-state index contributed by atoms with van der Waals surface area (Å²) in [6, 6.07) is 9.32. The normalized spacial score (nSPS) is 12.1. The average molecular weight is 453 g/mol. The highest BCUT2D eigenvalue weighted by Gasteiger charge is 2.38. The van der Waals surface area contributed by atoms with Gasteiger partial charge in [0.15, 0.2) is 0 Å². The van der Waals surface area contributed by atoms with E-state index < -0.39 is 38.3 Å². The van der Waals surface area contributed by atoms with Crippen LogP contribution in [0, 0.1) is 0 Å². The third-order valence-electron chi connectivity index (χ3n) is 3.32. The number of hydrogen-bond donors (Lipinski definition) is 3. The molecule has 0 heterocycles. The van der Waals surface area contributed by atoms with E-state index in [-0.39, 0.29) is 13.2 Å². The Kier molecular flexibility index (Phi) is 11.7. The van der Waals surface area contributed by atoms with Gasteiger partial charge in [0.25, 0.3) is 0 Å². The molecule has 12 heteroatoms. The molecular formula is C18H27F3N2O6Si. The van der Waals surface area contributed by atoms with Crippen molar-refractivity contribution in [3.63, 3.8) is 0 Å². The summed E-state index contributed by atoms with van der Waals surface area (Å²) in [7, 11) is -1.25. The van der Waals surface area contributed by atoms with Crippen LogP contribution in [0.15, 0.2) is 30.3 Å². The molecule has 1 atom stereocenters. The van der Waals surface area contributed by atoms with Gasteiger partial charge < -0.3 is 25.6 Å². The highest BCUT2D eigenvalue weighted by Crippen LogP contribution is 2.13. The Morgan fingerprint density at radius 3 is 2.13 bits per heavy atom. The number of carbonyl (C=O) groups is 3. The molecule has 4 N–H and O–H groups in total. The van der Waals surface area contributed by atoms with Gasteiger partial charge in [-0.05, 0) is 11.6 Å². The first-order chi connectivity index (χ1) is 13.7. The van der Waals surface area contributed by atoms with Gasteiger partial charge in [-0.25, -0.2) is 9.59 Å². The summed E-state index contributed by atoms with van der Waals surface area (Å²) >= 11 is 0. The molecule has 1 amide bonds. The number of carboxylic acids is 1. The zero-order valence-electron chi connectivity index (χ0n) is 17.0. The van der Waals surface area contributed by atoms with Crippen molar-refractivity contribution in [1.82, 2.24) is 5.32 Å². The third kappa shape index (κ3) is 14.4. The van der Waals surface area contributed by atoms with Gasteiger partial charge in [0.2, 0.25) is 0 Å². The highest BCUT2D eigenvalue weighted by atomic mass is 28.3. The van der Waals surface area contributed by atoms with E-state index in [0.29, 0.717) is 6.61 Å². The van der Waals surface area contributed by atoms with E-state index in [1.54, 1.807) is 0 Å². The van der Waals surface area contributed by atoms with E-state index in [1.807, 2.05) is 30.3 Å². The number of amides is 1. The van der Waals surface area contributed by atoms with Crippen LogP contribution in [0.1, 0.15) is 5.56 Å². The fourth-order valence-electron chi connectivity index (χ4n) is 1.62. The van der Waals surface area contributed by atoms with Gasteiger partial charge in [0.05, 0.1) is 6.61 Å². The maximum Gasteiger partial charge on any atom is 0.490 e. The van der Waals surface area contributed by atoms with Crippen LogP contribution in [0.3, 0.4) is 0 Å². The summed E-state index contributed by atoms with van der Waals surface area (Å²) in [6.45, 7) is 7.13. The molecule has 0 aliphatic carbocycles. The number of rotatable bonds is 8. The molecule has 8 nitrogen and oxygen atoms in total. The minimum absolute atomic E-state index is 0.0145. The molecule has 0 fully saturated rings. The van der Waals surface area contributed by atoms with Crippen LogP contribution in [0.25, 0.3) is 0 Å². The predicted octanol–water partition coefficient (Wildman–Crippen LogP) is 2.75. The SMILES string of the molecule is C[Si](C)(C)CCOC(=O)[C@H](N)CNC(=O)OCc1ccccc1.O=C(O)C(F)(F)F. The maximum absolute atomic E-state index is 11.7. The monoisotopic (exact) mass is 452 g/mol. The molecule has 0 unspecified atom stereocenters. The molecule has 0 saturated carbocycles. The molecule has 0 aliphatic rings. The molecule has 0 aromatic heterocycles. The molecule has 0 spiro atoms. The molecule has 0 aliphatic heterocycles. The van der Waals surface area contributed by atoms with Crippen LogP contribution in [0.5, 0.6) is 0 Å². The van der Waals surface area contributed by atoms with Crippen molar-refractivity contribution in [2.75, 3.05) is 13.2 Å². The lowest BCUT2D eigenvalue weighted by atomic mass is 10.2. The van der Waals surface area contributed by atoms with Crippen molar-refractivity contribution in [3.8, 4) is 0 Å². The molecule has 0 radical (unpaired) electrons. The van der Waals surface area contributed by atoms with E-state index in [0.717, 1.165) is 11.6 Å². The van der Waals surface area contributed by atoms with Crippen LogP contribution < -0.4 is 11.1 Å². The number of alkyl halides is 3. The minimum atomic E-state index is -5.08. The summed E-state index contributed by atoms with van der Waals surface area (Å²) in [4.78, 5) is 32.1. The van der Waals surface area contributed by atoms with Gasteiger partial charge in [-0.15, -0.1) is 0 Å². The van der Waals surface area contributed by atoms with Gasteiger partial charge in [0, 0.05) is 14.6 Å². The van der Waals surface area contributed by atoms with Gasteiger partial charge in [0.1, 0.15) is 12.6 Å². The Morgan fingerprint density at radius 2 is 1.67 bits per heavy atom. The summed E-state index contributed by atoms with van der Waals surface area (Å²) in [5.41, 5.74) is 6.58. The number of nitrogens with two attached hydrogens (primary N) is 1. The van der Waals surface area contributed by atoms with Crippen LogP contribution in [0.2, 0.25) is 25.7 Å². The van der Waals surface area contributed by atoms with Crippen LogP contribution in [-0.2, 0) is 25.7 Å². The second kappa shape index (κ2) is 12.9. The van der Waals surface area contributed by atoms with Crippen LogP contribution in [-0.4, -0.2) is 56.6 Å². The van der Waals surface area contributed by atoms with Crippen molar-refractivity contribution in [2.45, 2.75) is 44.5 Å². The summed E-state index contributed by atoms with van der Waals surface area (Å²) in [5, 5.41) is 9.59. The largest absolute Gasteiger partial charge is 0.490 e. The van der Waals surface area contributed by atoms with Gasteiger partial charge >= 0.3 is 24.2 Å². The van der Waals surface area contributed by atoms with Crippen LogP contribution >= 0.6 is 0 Å². The van der Waals surface area contributed by atoms with E-state index in [9.17, 15) is 22.8 Å². The first-order valence-corrected chi connectivity index (χ1v) is 12.6. The molecule has 170 valence electrons. The van der Waals surface area contributed by atoms with Crippen molar-refractivity contribution >= 4 is 26.1 Å². The lowest BCUT2D eigenvalue weighted by Crippen LogP contribution is -2.43. The number of nitrogens with one attached hydrogen (secondary N) is 1. The highest BCUT2D eigenvalue weighted by molar-refractivity contribution is 6.76. The lowest BCUT2D eigenvalue weighted by molar-refractivity contribution is -0.192. The van der Waals surface area contributed by atoms with Gasteiger partial charge in [-0.3, -0.25) is 4.79 Å². The first kappa shape index (κ1) is 27.4. The predicted molar refractivity (Wildman–Crippen MR) is 105 cm³/mol. The van der Waals surface area contributed by atoms with E-state index in [1.165, 1.54) is 0 Å². The minimum Gasteiger partial charge on any atom is -0.475 e. The molecule has 0 bridgehead atoms. The maximum atomic E-state index is 11.7. The summed E-state index contributed by atoms with van der Waals surface area (Å²) in [6.07, 6.45) is -5.70. The molecule has 30 heavy (non-hydrogen) atoms. The number of halogens is 3. The number of carboxylic acid groups (broad SMARTS) is 1. The molecule has 0 saturated heterocycles. The zero-order valence-corrected chi connectivity index (χ0v) is 18.0. The standard InChI is InChI=1S/C16H26N2O4Si.C2HF3O2/c1-23(2,3)10-9-21-15(19)14(17)11-18-16(20)22-12-13-7-5-4-6-8-13;3-2(4,5)1(6)7/h4-8,14H,9-12,17H2,1-3H3,(H,18,20);(H,6,7)/t14-;/m1./s1. The van der Waals surface area contributed by atoms with Gasteiger partial charge in [-0.1, -0.05) is 50.0 Å². The Labute approximate surface area is 173 Å². The molecule has 1 aromatic rings. The van der Waals surface area contributed by atoms with Crippen LogP contribution in [0.4, 0.5) is 18.0 Å². The number of benzene rings is 1. The lowest BCUT2D eigenvalue weighted by Gasteiger charge is -2.17. The topological polar surface area (TPSA) is 128 Å². The molecular weight excluding hydrogens is 425 g/mol. The Morgan fingerprint density at radius 1 is 1.13 bits per heavy atom. The number of alkyl carbamates (subject to hydrolysis) is 1. The molecule has 1 aromatic carbocycles. The zero-order chi connectivity index (χ0) is 23.4. The Bertz CT molecular complexity index is 681. The number of aliphatic carboxylic acids is 1. The fraction of sp³-hybridized carbons (Fsp3) is 0.500. The number of esters is 1. The van der Waals surface area contributed by atoms with Crippen molar-refractivity contribution in [2.24, 2.45) is 5.73 Å². The first-order valence-electron chi connectivity index (χ1n) is 8.89. The number of carbonyl (C=O) groups excluding carboxylic acids is 2. The molecule has 1 rings (SSSR count). The fourth-order valence-corrected chi connectivity index (χ4v) is 2.33.